The van der Waals surface area contributed by atoms with Crippen molar-refractivity contribution in [2.24, 2.45) is 0 Å². The van der Waals surface area contributed by atoms with E-state index in [4.69, 9.17) is 5.73 Å². The number of anilines is 1. The summed E-state index contributed by atoms with van der Waals surface area (Å²) in [6.07, 6.45) is 0.559. The molecule has 0 bridgehead atoms. The molecule has 0 saturated carbocycles. The molecule has 1 aromatic rings. The van der Waals surface area contributed by atoms with E-state index in [0.29, 0.717) is 18.4 Å². The molecule has 0 radical (unpaired) electrons. The minimum atomic E-state index is -0.611. The minimum Gasteiger partial charge on any atom is -0.393 e. The summed E-state index contributed by atoms with van der Waals surface area (Å²) in [5.41, 5.74) is 5.91. The molecule has 7 heteroatoms. The standard InChI is InChI=1S/C13H19N3O4/c1-3-9(17)4-5-15-13(18)10-6-8(2)7-11(12(10)14)16(19)20/h6-7,9,17H,3-5,14H2,1-2H3,(H,15,18). The molecular weight excluding hydrogens is 262 g/mol. The fraction of sp³-hybridized carbons (Fsp3) is 0.462. The highest BCUT2D eigenvalue weighted by Crippen LogP contribution is 2.26. The maximum Gasteiger partial charge on any atom is 0.293 e. The maximum absolute atomic E-state index is 12.0. The second-order valence-electron chi connectivity index (χ2n) is 4.61. The lowest BCUT2D eigenvalue weighted by Gasteiger charge is -2.11. The first-order chi connectivity index (χ1) is 9.36. The number of nitro groups is 1. The largest absolute Gasteiger partial charge is 0.393 e. The number of aliphatic hydroxyl groups is 1. The summed E-state index contributed by atoms with van der Waals surface area (Å²) >= 11 is 0. The number of carbonyl (C=O) groups excluding carboxylic acids is 1. The number of nitrogens with two attached hydrogens (primary N) is 1. The number of rotatable bonds is 6. The first-order valence-corrected chi connectivity index (χ1v) is 6.37. The fourth-order valence-corrected chi connectivity index (χ4v) is 1.77. The predicted molar refractivity (Wildman–Crippen MR) is 75.5 cm³/mol. The Bertz CT molecular complexity index is 517. The average Bonchev–Trinajstić information content (AvgIpc) is 2.40. The number of nitrogens with one attached hydrogen (secondary N) is 1. The van der Waals surface area contributed by atoms with Gasteiger partial charge in [-0.3, -0.25) is 14.9 Å². The van der Waals surface area contributed by atoms with Gasteiger partial charge >= 0.3 is 0 Å². The molecule has 7 nitrogen and oxygen atoms in total. The van der Waals surface area contributed by atoms with Crippen LogP contribution in [-0.2, 0) is 0 Å². The summed E-state index contributed by atoms with van der Waals surface area (Å²) in [7, 11) is 0. The van der Waals surface area contributed by atoms with Gasteiger partial charge in [-0.15, -0.1) is 0 Å². The molecule has 1 aromatic carbocycles. The Morgan fingerprint density at radius 2 is 2.20 bits per heavy atom. The van der Waals surface area contributed by atoms with E-state index in [0.717, 1.165) is 0 Å². The highest BCUT2D eigenvalue weighted by atomic mass is 16.6. The van der Waals surface area contributed by atoms with Crippen molar-refractivity contribution in [3.8, 4) is 0 Å². The van der Waals surface area contributed by atoms with E-state index < -0.39 is 16.9 Å². The van der Waals surface area contributed by atoms with Crippen molar-refractivity contribution < 1.29 is 14.8 Å². The van der Waals surface area contributed by atoms with E-state index in [1.807, 2.05) is 6.92 Å². The van der Waals surface area contributed by atoms with Gasteiger partial charge in [0, 0.05) is 12.6 Å². The summed E-state index contributed by atoms with van der Waals surface area (Å²) in [4.78, 5) is 22.2. The monoisotopic (exact) mass is 281 g/mol. The molecule has 0 saturated heterocycles. The molecule has 0 aliphatic carbocycles. The number of aliphatic hydroxyl groups excluding tert-OH is 1. The van der Waals surface area contributed by atoms with Crippen molar-refractivity contribution in [1.29, 1.82) is 0 Å². The lowest BCUT2D eigenvalue weighted by Crippen LogP contribution is -2.28. The molecule has 1 amide bonds. The summed E-state index contributed by atoms with van der Waals surface area (Å²) < 4.78 is 0. The Balaban J connectivity index is 2.85. The molecule has 1 rings (SSSR count). The number of hydrogen-bond acceptors (Lipinski definition) is 5. The molecule has 0 heterocycles. The van der Waals surface area contributed by atoms with Crippen LogP contribution in [0.5, 0.6) is 0 Å². The Morgan fingerprint density at radius 1 is 1.55 bits per heavy atom. The number of nitro benzene ring substituents is 1. The Labute approximate surface area is 116 Å². The molecule has 110 valence electrons. The van der Waals surface area contributed by atoms with Crippen LogP contribution in [0, 0.1) is 17.0 Å². The lowest BCUT2D eigenvalue weighted by atomic mass is 10.1. The number of amides is 1. The van der Waals surface area contributed by atoms with Gasteiger partial charge < -0.3 is 16.2 Å². The number of nitrogens with zero attached hydrogens (tertiary/aromatic N) is 1. The summed E-state index contributed by atoms with van der Waals surface area (Å²) in [6.45, 7) is 3.79. The van der Waals surface area contributed by atoms with Crippen molar-refractivity contribution in [2.75, 3.05) is 12.3 Å². The SMILES string of the molecule is CCC(O)CCNC(=O)c1cc(C)cc([N+](=O)[O-])c1N. The summed E-state index contributed by atoms with van der Waals surface area (Å²) in [5, 5.41) is 22.8. The van der Waals surface area contributed by atoms with E-state index in [1.54, 1.807) is 6.92 Å². The lowest BCUT2D eigenvalue weighted by molar-refractivity contribution is -0.384. The Hall–Kier alpha value is -2.15. The predicted octanol–water partition coefficient (Wildman–Crippen LogP) is 1.38. The van der Waals surface area contributed by atoms with E-state index in [2.05, 4.69) is 5.32 Å². The summed E-state index contributed by atoms with van der Waals surface area (Å²) in [6, 6.07) is 2.83. The third-order valence-corrected chi connectivity index (χ3v) is 2.98. The smallest absolute Gasteiger partial charge is 0.293 e. The van der Waals surface area contributed by atoms with Crippen LogP contribution >= 0.6 is 0 Å². The van der Waals surface area contributed by atoms with Gasteiger partial charge in [-0.1, -0.05) is 6.92 Å². The van der Waals surface area contributed by atoms with Crippen LogP contribution in [0.1, 0.15) is 35.7 Å². The highest BCUT2D eigenvalue weighted by Gasteiger charge is 2.20. The molecule has 4 N–H and O–H groups in total. The molecule has 0 aliphatic rings. The third-order valence-electron chi connectivity index (χ3n) is 2.98. The molecule has 0 spiro atoms. The van der Waals surface area contributed by atoms with E-state index >= 15 is 0 Å². The van der Waals surface area contributed by atoms with Crippen LogP contribution in [0.25, 0.3) is 0 Å². The molecular formula is C13H19N3O4. The molecule has 0 aliphatic heterocycles. The first-order valence-electron chi connectivity index (χ1n) is 6.37. The van der Waals surface area contributed by atoms with Gasteiger partial charge in [0.2, 0.25) is 0 Å². The Kier molecular flexibility index (Phi) is 5.45. The summed E-state index contributed by atoms with van der Waals surface area (Å²) in [5.74, 6) is -0.474. The molecule has 1 atom stereocenters. The van der Waals surface area contributed by atoms with Crippen LogP contribution in [0.3, 0.4) is 0 Å². The van der Waals surface area contributed by atoms with Gasteiger partial charge in [0.25, 0.3) is 11.6 Å². The van der Waals surface area contributed by atoms with Crippen molar-refractivity contribution in [3.63, 3.8) is 0 Å². The molecule has 0 aromatic heterocycles. The second kappa shape index (κ2) is 6.85. The maximum atomic E-state index is 12.0. The first kappa shape index (κ1) is 15.9. The van der Waals surface area contributed by atoms with E-state index in [9.17, 15) is 20.0 Å². The zero-order valence-electron chi connectivity index (χ0n) is 11.5. The van der Waals surface area contributed by atoms with Crippen LogP contribution < -0.4 is 11.1 Å². The van der Waals surface area contributed by atoms with E-state index in [-0.39, 0.29) is 23.5 Å². The van der Waals surface area contributed by atoms with Crippen molar-refractivity contribution >= 4 is 17.3 Å². The number of nitrogen functional groups attached to an aromatic ring is 1. The average molecular weight is 281 g/mol. The fourth-order valence-electron chi connectivity index (χ4n) is 1.77. The molecule has 0 fully saturated rings. The van der Waals surface area contributed by atoms with Gasteiger partial charge in [-0.2, -0.15) is 0 Å². The van der Waals surface area contributed by atoms with Gasteiger partial charge in [-0.05, 0) is 31.4 Å². The minimum absolute atomic E-state index is 0.0858. The van der Waals surface area contributed by atoms with Gasteiger partial charge in [0.15, 0.2) is 0 Å². The van der Waals surface area contributed by atoms with Crippen LogP contribution in [-0.4, -0.2) is 28.6 Å². The zero-order valence-corrected chi connectivity index (χ0v) is 11.5. The number of hydrogen-bond donors (Lipinski definition) is 3. The highest BCUT2D eigenvalue weighted by molar-refractivity contribution is 6.01. The van der Waals surface area contributed by atoms with Gasteiger partial charge in [0.1, 0.15) is 5.69 Å². The van der Waals surface area contributed by atoms with Crippen LogP contribution in [0.15, 0.2) is 12.1 Å². The van der Waals surface area contributed by atoms with Crippen molar-refractivity contribution in [1.82, 2.24) is 5.32 Å². The zero-order chi connectivity index (χ0) is 15.3. The third kappa shape index (κ3) is 3.92. The Morgan fingerprint density at radius 3 is 2.75 bits per heavy atom. The van der Waals surface area contributed by atoms with Gasteiger partial charge in [0.05, 0.1) is 16.6 Å². The molecule has 20 heavy (non-hydrogen) atoms. The van der Waals surface area contributed by atoms with Crippen molar-refractivity contribution in [2.45, 2.75) is 32.8 Å². The normalized spacial score (nSPS) is 11.9. The quantitative estimate of drug-likeness (QED) is 0.413. The molecule has 1 unspecified atom stereocenters. The van der Waals surface area contributed by atoms with Gasteiger partial charge in [-0.25, -0.2) is 0 Å². The van der Waals surface area contributed by atoms with Crippen LogP contribution in [0.2, 0.25) is 0 Å². The topological polar surface area (TPSA) is 118 Å². The number of aryl methyl sites for hydroxylation is 1. The number of carbonyl (C=O) groups is 1. The number of benzene rings is 1. The second-order valence-corrected chi connectivity index (χ2v) is 4.61. The van der Waals surface area contributed by atoms with Crippen molar-refractivity contribution in [3.05, 3.63) is 33.4 Å². The van der Waals surface area contributed by atoms with Crippen LogP contribution in [0.4, 0.5) is 11.4 Å². The van der Waals surface area contributed by atoms with E-state index in [1.165, 1.54) is 12.1 Å².